The number of carbonyl (C=O) groups is 1. The Bertz CT molecular complexity index is 832. The molecule has 6 nitrogen and oxygen atoms in total. The molecule has 25 heavy (non-hydrogen) atoms. The second kappa shape index (κ2) is 6.93. The number of nitrogens with one attached hydrogen (secondary N) is 1. The van der Waals surface area contributed by atoms with Gasteiger partial charge in [0, 0.05) is 44.6 Å². The number of carbonyl (C=O) groups excluding carboxylic acids is 1. The van der Waals surface area contributed by atoms with Gasteiger partial charge in [-0.1, -0.05) is 6.07 Å². The molecule has 128 valence electrons. The third-order valence-electron chi connectivity index (χ3n) is 4.52. The first-order valence-electron chi connectivity index (χ1n) is 8.71. The highest BCUT2D eigenvalue weighted by atomic mass is 16.1. The fourth-order valence-electron chi connectivity index (χ4n) is 3.17. The molecule has 0 aromatic carbocycles. The topological polar surface area (TPSA) is 62.5 Å². The van der Waals surface area contributed by atoms with Crippen LogP contribution in [0.4, 0.5) is 5.82 Å². The van der Waals surface area contributed by atoms with Gasteiger partial charge in [-0.2, -0.15) is 0 Å². The number of amides is 1. The fraction of sp³-hybridized carbons (Fsp3) is 0.316. The van der Waals surface area contributed by atoms with Crippen LogP contribution in [-0.2, 0) is 6.42 Å². The van der Waals surface area contributed by atoms with E-state index in [0.717, 1.165) is 30.2 Å². The summed E-state index contributed by atoms with van der Waals surface area (Å²) in [4.78, 5) is 23.5. The molecule has 0 radical (unpaired) electrons. The molecule has 1 saturated heterocycles. The van der Waals surface area contributed by atoms with E-state index in [4.69, 9.17) is 0 Å². The van der Waals surface area contributed by atoms with E-state index in [1.54, 1.807) is 6.20 Å². The maximum Gasteiger partial charge on any atom is 0.252 e. The third-order valence-corrected chi connectivity index (χ3v) is 4.52. The Kier molecular flexibility index (Phi) is 4.33. The average molecular weight is 335 g/mol. The summed E-state index contributed by atoms with van der Waals surface area (Å²) >= 11 is 0. The number of rotatable bonds is 5. The van der Waals surface area contributed by atoms with Crippen molar-refractivity contribution in [2.45, 2.75) is 19.3 Å². The molecule has 1 aliphatic heterocycles. The number of nitrogens with zero attached hydrogens (tertiary/aromatic N) is 4. The first-order chi connectivity index (χ1) is 12.3. The van der Waals surface area contributed by atoms with Crippen LogP contribution in [0.1, 0.15) is 28.9 Å². The van der Waals surface area contributed by atoms with Crippen molar-refractivity contribution in [1.82, 2.24) is 19.7 Å². The minimum Gasteiger partial charge on any atom is -0.357 e. The summed E-state index contributed by atoms with van der Waals surface area (Å²) < 4.78 is 1.98. The number of aromatic nitrogens is 3. The van der Waals surface area contributed by atoms with Crippen molar-refractivity contribution in [3.8, 4) is 0 Å². The van der Waals surface area contributed by atoms with E-state index in [1.165, 1.54) is 12.8 Å². The van der Waals surface area contributed by atoms with Crippen molar-refractivity contribution in [2.75, 3.05) is 24.5 Å². The van der Waals surface area contributed by atoms with Crippen LogP contribution in [0, 0.1) is 0 Å². The van der Waals surface area contributed by atoms with Crippen molar-refractivity contribution < 1.29 is 4.79 Å². The predicted molar refractivity (Wildman–Crippen MR) is 96.9 cm³/mol. The van der Waals surface area contributed by atoms with Gasteiger partial charge in [-0.05, 0) is 37.1 Å². The van der Waals surface area contributed by atoms with Crippen LogP contribution >= 0.6 is 0 Å². The lowest BCUT2D eigenvalue weighted by atomic mass is 10.2. The van der Waals surface area contributed by atoms with Crippen LogP contribution in [0.2, 0.25) is 0 Å². The molecular formula is C19H21N5O. The molecule has 1 amide bonds. The van der Waals surface area contributed by atoms with Crippen molar-refractivity contribution in [3.63, 3.8) is 0 Å². The average Bonchev–Trinajstić information content (AvgIpc) is 3.31. The molecule has 1 N–H and O–H groups in total. The highest BCUT2D eigenvalue weighted by Gasteiger charge is 2.14. The van der Waals surface area contributed by atoms with E-state index in [2.05, 4.69) is 20.2 Å². The molecule has 0 atom stereocenters. The Morgan fingerprint density at radius 2 is 2.04 bits per heavy atom. The Labute approximate surface area is 146 Å². The molecule has 0 spiro atoms. The summed E-state index contributed by atoms with van der Waals surface area (Å²) in [5.74, 6) is 0.864. The summed E-state index contributed by atoms with van der Waals surface area (Å²) in [7, 11) is 0. The van der Waals surface area contributed by atoms with E-state index in [-0.39, 0.29) is 5.91 Å². The van der Waals surface area contributed by atoms with Gasteiger partial charge in [-0.15, -0.1) is 0 Å². The summed E-state index contributed by atoms with van der Waals surface area (Å²) in [6.07, 6.45) is 8.76. The Balaban J connectivity index is 1.32. The molecule has 1 aliphatic rings. The Morgan fingerprint density at radius 3 is 2.80 bits per heavy atom. The summed E-state index contributed by atoms with van der Waals surface area (Å²) in [6.45, 7) is 2.66. The molecule has 3 aromatic rings. The minimum absolute atomic E-state index is 0.0933. The molecule has 0 aliphatic carbocycles. The van der Waals surface area contributed by atoms with Crippen LogP contribution in [0.15, 0.2) is 48.9 Å². The number of fused-ring (bicyclic) bond motifs is 1. The lowest BCUT2D eigenvalue weighted by molar-refractivity contribution is 0.0953. The first-order valence-corrected chi connectivity index (χ1v) is 8.71. The standard InChI is InChI=1S/C19H21N5O/c25-19(15-6-7-17(21-13-15)23-10-3-4-11-23)20-9-8-16-14-24-12-2-1-5-18(24)22-16/h1-2,5-7,12-14H,3-4,8-11H2,(H,20,25). The zero-order valence-corrected chi connectivity index (χ0v) is 14.1. The van der Waals surface area contributed by atoms with Crippen LogP contribution < -0.4 is 10.2 Å². The zero-order chi connectivity index (χ0) is 17.1. The quantitative estimate of drug-likeness (QED) is 0.777. The number of hydrogen-bond donors (Lipinski definition) is 1. The predicted octanol–water partition coefficient (Wildman–Crippen LogP) is 2.30. The van der Waals surface area contributed by atoms with Gasteiger partial charge in [0.25, 0.3) is 5.91 Å². The summed E-state index contributed by atoms with van der Waals surface area (Å²) in [5, 5.41) is 2.94. The maximum absolute atomic E-state index is 12.2. The highest BCUT2D eigenvalue weighted by Crippen LogP contribution is 2.17. The first kappa shape index (κ1) is 15.6. The highest BCUT2D eigenvalue weighted by molar-refractivity contribution is 5.94. The lowest BCUT2D eigenvalue weighted by Crippen LogP contribution is -2.26. The van der Waals surface area contributed by atoms with E-state index >= 15 is 0 Å². The summed E-state index contributed by atoms with van der Waals surface area (Å²) in [5.41, 5.74) is 2.48. The third kappa shape index (κ3) is 3.47. The van der Waals surface area contributed by atoms with Gasteiger partial charge in [0.1, 0.15) is 11.5 Å². The maximum atomic E-state index is 12.2. The molecule has 0 unspecified atom stereocenters. The molecule has 4 heterocycles. The number of hydrogen-bond acceptors (Lipinski definition) is 4. The number of imidazole rings is 1. The second-order valence-corrected chi connectivity index (χ2v) is 6.30. The van der Waals surface area contributed by atoms with Crippen LogP contribution in [0.25, 0.3) is 5.65 Å². The molecule has 0 bridgehead atoms. The number of pyridine rings is 2. The van der Waals surface area contributed by atoms with Gasteiger partial charge in [0.05, 0.1) is 11.3 Å². The van der Waals surface area contributed by atoms with Crippen molar-refractivity contribution in [1.29, 1.82) is 0 Å². The lowest BCUT2D eigenvalue weighted by Gasteiger charge is -2.16. The van der Waals surface area contributed by atoms with Crippen molar-refractivity contribution in [2.24, 2.45) is 0 Å². The fourth-order valence-corrected chi connectivity index (χ4v) is 3.17. The number of anilines is 1. The van der Waals surface area contributed by atoms with Crippen LogP contribution in [-0.4, -0.2) is 39.9 Å². The van der Waals surface area contributed by atoms with E-state index in [0.29, 0.717) is 18.5 Å². The molecule has 0 saturated carbocycles. The zero-order valence-electron chi connectivity index (χ0n) is 14.1. The van der Waals surface area contributed by atoms with Crippen molar-refractivity contribution >= 4 is 17.4 Å². The normalized spacial score (nSPS) is 14.2. The molecular weight excluding hydrogens is 314 g/mol. The largest absolute Gasteiger partial charge is 0.357 e. The van der Waals surface area contributed by atoms with Gasteiger partial charge < -0.3 is 14.6 Å². The minimum atomic E-state index is -0.0933. The second-order valence-electron chi connectivity index (χ2n) is 6.30. The van der Waals surface area contributed by atoms with E-state index in [9.17, 15) is 4.79 Å². The van der Waals surface area contributed by atoms with Gasteiger partial charge in [-0.3, -0.25) is 4.79 Å². The SMILES string of the molecule is O=C(NCCc1cn2ccccc2n1)c1ccc(N2CCCC2)nc1. The van der Waals surface area contributed by atoms with Gasteiger partial charge in [-0.25, -0.2) is 9.97 Å². The van der Waals surface area contributed by atoms with E-state index < -0.39 is 0 Å². The molecule has 4 rings (SSSR count). The van der Waals surface area contributed by atoms with Crippen LogP contribution in [0.3, 0.4) is 0 Å². The van der Waals surface area contributed by atoms with Gasteiger partial charge in [0.15, 0.2) is 0 Å². The molecule has 1 fully saturated rings. The Morgan fingerprint density at radius 1 is 1.16 bits per heavy atom. The van der Waals surface area contributed by atoms with Gasteiger partial charge >= 0.3 is 0 Å². The smallest absolute Gasteiger partial charge is 0.252 e. The van der Waals surface area contributed by atoms with Crippen LogP contribution in [0.5, 0.6) is 0 Å². The van der Waals surface area contributed by atoms with Crippen molar-refractivity contribution in [3.05, 3.63) is 60.2 Å². The molecule has 6 heteroatoms. The summed E-state index contributed by atoms with van der Waals surface area (Å²) in [6, 6.07) is 9.69. The monoisotopic (exact) mass is 335 g/mol. The molecule has 3 aromatic heterocycles. The van der Waals surface area contributed by atoms with E-state index in [1.807, 2.05) is 47.1 Å². The Hall–Kier alpha value is -2.89. The van der Waals surface area contributed by atoms with Gasteiger partial charge in [0.2, 0.25) is 0 Å².